The highest BCUT2D eigenvalue weighted by Gasteiger charge is 2.48. The number of rotatable bonds is 5. The van der Waals surface area contributed by atoms with Crippen LogP contribution in [0.5, 0.6) is 0 Å². The minimum atomic E-state index is -3.96. The Morgan fingerprint density at radius 1 is 1.09 bits per heavy atom. The fourth-order valence-corrected chi connectivity index (χ4v) is 6.77. The van der Waals surface area contributed by atoms with Crippen molar-refractivity contribution in [2.24, 2.45) is 12.1 Å². The maximum atomic E-state index is 15.1. The summed E-state index contributed by atoms with van der Waals surface area (Å²) >= 11 is 0. The van der Waals surface area contributed by atoms with Gasteiger partial charge in [0.25, 0.3) is 0 Å². The lowest BCUT2D eigenvalue weighted by Crippen LogP contribution is -2.39. The third kappa shape index (κ3) is 4.48. The standard InChI is InChI=1S/C29H22F5N5O6S/c1-37-25-17-5-3-14(16-7-19(30)18(12-40)24(10-16)46(2,42)43)8-20(17)38-21(15-4-6-22-23(9-15)45-29(33,34)44-22)11-35-39(38)26(25)27(36-37)28(31,32)13-41/h3,5-11,40-41H,4,12-13H2,1-2H3. The minimum absolute atomic E-state index is 0.0596. The van der Waals surface area contributed by atoms with E-state index in [9.17, 15) is 27.4 Å². The SMILES string of the molecule is Cn1nc(C(F)(F)CO)c2c1-c1ccc(-c3cc(F)c(CO)c(S(C)(=O)=O)c3)cc1N1C(=C3C=C4OC(F)(F)OC4=CC3)C=NN21. The number of alkyl halides is 4. The molecule has 3 aliphatic heterocycles. The van der Waals surface area contributed by atoms with Gasteiger partial charge in [-0.1, -0.05) is 6.07 Å². The summed E-state index contributed by atoms with van der Waals surface area (Å²) in [7, 11) is -2.54. The van der Waals surface area contributed by atoms with E-state index in [0.29, 0.717) is 22.4 Å². The molecule has 240 valence electrons. The molecular formula is C29H22F5N5O6S. The second kappa shape index (κ2) is 9.88. The third-order valence-corrected chi connectivity index (χ3v) is 9.01. The molecule has 0 bridgehead atoms. The van der Waals surface area contributed by atoms with Crippen LogP contribution in [0.3, 0.4) is 0 Å². The maximum Gasteiger partial charge on any atom is 0.586 e. The number of anilines is 2. The van der Waals surface area contributed by atoms with E-state index in [1.165, 1.54) is 47.2 Å². The number of hydrazine groups is 1. The topological polar surface area (TPSA) is 130 Å². The third-order valence-electron chi connectivity index (χ3n) is 7.84. The number of aromatic nitrogens is 2. The molecule has 1 saturated heterocycles. The highest BCUT2D eigenvalue weighted by molar-refractivity contribution is 7.90. The van der Waals surface area contributed by atoms with Crippen LogP contribution < -0.4 is 10.1 Å². The van der Waals surface area contributed by atoms with Gasteiger partial charge in [-0.2, -0.15) is 24.1 Å². The first-order chi connectivity index (χ1) is 21.6. The van der Waals surface area contributed by atoms with Gasteiger partial charge in [-0.05, 0) is 59.5 Å². The maximum absolute atomic E-state index is 15.1. The van der Waals surface area contributed by atoms with E-state index in [1.807, 2.05) is 0 Å². The Labute approximate surface area is 257 Å². The van der Waals surface area contributed by atoms with E-state index in [-0.39, 0.29) is 40.6 Å². The minimum Gasteiger partial charge on any atom is -0.396 e. The first-order valence-corrected chi connectivity index (χ1v) is 15.4. The summed E-state index contributed by atoms with van der Waals surface area (Å²) in [5, 5.41) is 30.1. The first-order valence-electron chi connectivity index (χ1n) is 13.5. The molecule has 0 spiro atoms. The predicted octanol–water partition coefficient (Wildman–Crippen LogP) is 4.44. The molecule has 1 fully saturated rings. The van der Waals surface area contributed by atoms with Gasteiger partial charge in [0.2, 0.25) is 0 Å². The number of sulfone groups is 1. The van der Waals surface area contributed by atoms with Crippen molar-refractivity contribution in [1.82, 2.24) is 9.78 Å². The molecular weight excluding hydrogens is 641 g/mol. The van der Waals surface area contributed by atoms with Crippen LogP contribution in [0.2, 0.25) is 0 Å². The van der Waals surface area contributed by atoms with Crippen molar-refractivity contribution >= 4 is 27.4 Å². The zero-order chi connectivity index (χ0) is 32.9. The summed E-state index contributed by atoms with van der Waals surface area (Å²) in [6, 6.07) is 6.91. The van der Waals surface area contributed by atoms with E-state index >= 15 is 13.2 Å². The Kier molecular flexibility index (Phi) is 6.43. The van der Waals surface area contributed by atoms with Crippen molar-refractivity contribution in [3.63, 3.8) is 0 Å². The number of hydrogen-bond acceptors (Lipinski definition) is 10. The first kappa shape index (κ1) is 29.9. The number of aliphatic hydroxyl groups is 2. The van der Waals surface area contributed by atoms with Crippen molar-refractivity contribution < 1.29 is 50.1 Å². The number of hydrazone groups is 1. The molecule has 1 aromatic heterocycles. The van der Waals surface area contributed by atoms with Gasteiger partial charge in [-0.3, -0.25) is 4.68 Å². The molecule has 0 unspecified atom stereocenters. The number of nitrogens with zero attached hydrogens (tertiary/aromatic N) is 5. The lowest BCUT2D eigenvalue weighted by Gasteiger charge is -2.37. The van der Waals surface area contributed by atoms with Crippen LogP contribution in [0.1, 0.15) is 17.7 Å². The van der Waals surface area contributed by atoms with Crippen molar-refractivity contribution in [3.8, 4) is 22.4 Å². The number of aryl methyl sites for hydroxylation is 1. The second-order valence-electron chi connectivity index (χ2n) is 10.8. The second-order valence-corrected chi connectivity index (χ2v) is 12.8. The highest BCUT2D eigenvalue weighted by atomic mass is 32.2. The fourth-order valence-electron chi connectivity index (χ4n) is 5.82. The number of allylic oxidation sites excluding steroid dienone is 4. The molecule has 7 rings (SSSR count). The Balaban J connectivity index is 1.46. The summed E-state index contributed by atoms with van der Waals surface area (Å²) in [5.74, 6) is -5.15. The van der Waals surface area contributed by atoms with Crippen LogP contribution in [-0.2, 0) is 38.9 Å². The lowest BCUT2D eigenvalue weighted by atomic mass is 9.96. The van der Waals surface area contributed by atoms with E-state index in [2.05, 4.69) is 19.7 Å². The van der Waals surface area contributed by atoms with Gasteiger partial charge in [-0.25, -0.2) is 17.8 Å². The van der Waals surface area contributed by atoms with Crippen LogP contribution in [0.25, 0.3) is 22.4 Å². The zero-order valence-corrected chi connectivity index (χ0v) is 24.6. The molecule has 0 radical (unpaired) electrons. The quantitative estimate of drug-likeness (QED) is 0.381. The van der Waals surface area contributed by atoms with Crippen molar-refractivity contribution in [2.45, 2.75) is 30.1 Å². The molecule has 11 nitrogen and oxygen atoms in total. The Bertz CT molecular complexity index is 2090. The summed E-state index contributed by atoms with van der Waals surface area (Å²) in [6.07, 6.45) is 1.08. The highest BCUT2D eigenvalue weighted by Crippen LogP contribution is 2.52. The van der Waals surface area contributed by atoms with Crippen molar-refractivity contribution in [1.29, 1.82) is 0 Å². The summed E-state index contributed by atoms with van der Waals surface area (Å²) in [5.41, 5.74) is 0.643. The molecule has 4 aliphatic rings. The van der Waals surface area contributed by atoms with E-state index in [1.54, 1.807) is 12.1 Å². The molecule has 4 heterocycles. The fraction of sp³-hybridized carbons (Fsp3) is 0.241. The van der Waals surface area contributed by atoms with Gasteiger partial charge < -0.3 is 19.7 Å². The van der Waals surface area contributed by atoms with Gasteiger partial charge in [0.1, 0.15) is 18.1 Å². The normalized spacial score (nSPS) is 19.6. The van der Waals surface area contributed by atoms with Crippen molar-refractivity contribution in [3.05, 3.63) is 82.3 Å². The van der Waals surface area contributed by atoms with Gasteiger partial charge in [0.05, 0.1) is 34.8 Å². The number of aliphatic hydroxyl groups excluding tert-OH is 2. The van der Waals surface area contributed by atoms with Crippen LogP contribution in [-0.4, -0.2) is 53.8 Å². The van der Waals surface area contributed by atoms with Gasteiger partial charge in [0, 0.05) is 24.4 Å². The summed E-state index contributed by atoms with van der Waals surface area (Å²) in [6.45, 7) is -2.40. The molecule has 1 aliphatic carbocycles. The largest absolute Gasteiger partial charge is 0.586 e. The number of hydrogen-bond donors (Lipinski definition) is 2. The Morgan fingerprint density at radius 3 is 2.52 bits per heavy atom. The molecule has 2 N–H and O–H groups in total. The van der Waals surface area contributed by atoms with E-state index < -0.39 is 57.2 Å². The smallest absolute Gasteiger partial charge is 0.396 e. The van der Waals surface area contributed by atoms with Gasteiger partial charge in [-0.15, -0.1) is 8.78 Å². The molecule has 46 heavy (non-hydrogen) atoms. The number of fused-ring (bicyclic) bond motifs is 7. The average molecular weight is 664 g/mol. The van der Waals surface area contributed by atoms with Crippen LogP contribution in [0, 0.1) is 5.82 Å². The summed E-state index contributed by atoms with van der Waals surface area (Å²) in [4.78, 5) is -0.409. The van der Waals surface area contributed by atoms with Gasteiger partial charge in [0.15, 0.2) is 27.0 Å². The van der Waals surface area contributed by atoms with Gasteiger partial charge >= 0.3 is 12.2 Å². The Hall–Kier alpha value is -4.74. The number of benzene rings is 2. The van der Waals surface area contributed by atoms with Crippen LogP contribution in [0.15, 0.2) is 75.3 Å². The lowest BCUT2D eigenvalue weighted by molar-refractivity contribution is -0.326. The van der Waals surface area contributed by atoms with E-state index in [0.717, 1.165) is 17.4 Å². The van der Waals surface area contributed by atoms with Crippen molar-refractivity contribution in [2.75, 3.05) is 23.0 Å². The van der Waals surface area contributed by atoms with E-state index in [4.69, 9.17) is 0 Å². The molecule has 3 aromatic rings. The zero-order valence-electron chi connectivity index (χ0n) is 23.8. The summed E-state index contributed by atoms with van der Waals surface area (Å²) < 4.78 is 108. The number of ether oxygens (including phenoxy) is 2. The molecule has 0 atom stereocenters. The van der Waals surface area contributed by atoms with Crippen LogP contribution >= 0.6 is 0 Å². The molecule has 0 saturated carbocycles. The predicted molar refractivity (Wildman–Crippen MR) is 152 cm³/mol. The van der Waals surface area contributed by atoms with Crippen LogP contribution in [0.4, 0.5) is 33.3 Å². The number of halogens is 5. The molecule has 2 aromatic carbocycles. The molecule has 17 heteroatoms. The Morgan fingerprint density at radius 2 is 1.83 bits per heavy atom. The average Bonchev–Trinajstić information content (AvgIpc) is 3.68. The monoisotopic (exact) mass is 663 g/mol. The molecule has 0 amide bonds.